The van der Waals surface area contributed by atoms with Crippen LogP contribution in [0.5, 0.6) is 0 Å². The lowest BCUT2D eigenvalue weighted by Crippen LogP contribution is -2.33. The van der Waals surface area contributed by atoms with Gasteiger partial charge in [0.05, 0.1) is 6.10 Å². The summed E-state index contributed by atoms with van der Waals surface area (Å²) in [6, 6.07) is 10.4. The minimum atomic E-state index is -0.299. The molecule has 112 valence electrons. The number of thioether (sulfide) groups is 1. The molecule has 1 rings (SSSR count). The Morgan fingerprint density at radius 1 is 1.25 bits per heavy atom. The number of ketones is 1. The minimum absolute atomic E-state index is 0.0306. The van der Waals surface area contributed by atoms with E-state index in [1.54, 1.807) is 18.9 Å². The Hall–Kier alpha value is -0.800. The molecule has 0 unspecified atom stereocenters. The molecule has 0 heterocycles. The van der Waals surface area contributed by atoms with Crippen LogP contribution < -0.4 is 0 Å². The van der Waals surface area contributed by atoms with E-state index in [4.69, 9.17) is 4.74 Å². The highest BCUT2D eigenvalue weighted by atomic mass is 32.2. The summed E-state index contributed by atoms with van der Waals surface area (Å²) in [5.74, 6) is 0.261. The third-order valence-electron chi connectivity index (χ3n) is 3.52. The normalized spacial score (nSPS) is 14.8. The standard InChI is InChI=1S/C17H26O2S/c1-17(2,3)16(18)12-14(19-4)15(20-5)11-13-9-7-6-8-10-13/h6-10,14-15H,11-12H2,1-5H3/t14-,15-/m1/s1. The molecule has 0 saturated carbocycles. The van der Waals surface area contributed by atoms with Crippen LogP contribution in [-0.2, 0) is 16.0 Å². The average molecular weight is 294 g/mol. The largest absolute Gasteiger partial charge is 0.380 e. The monoisotopic (exact) mass is 294 g/mol. The van der Waals surface area contributed by atoms with Crippen LogP contribution in [0.25, 0.3) is 0 Å². The number of hydrogen-bond acceptors (Lipinski definition) is 3. The summed E-state index contributed by atoms with van der Waals surface area (Å²) in [4.78, 5) is 12.2. The van der Waals surface area contributed by atoms with Crippen LogP contribution in [0.15, 0.2) is 30.3 Å². The third kappa shape index (κ3) is 5.29. The summed E-state index contributed by atoms with van der Waals surface area (Å²) in [5, 5.41) is 0.300. The van der Waals surface area contributed by atoms with Gasteiger partial charge < -0.3 is 4.74 Å². The van der Waals surface area contributed by atoms with Crippen LogP contribution >= 0.6 is 11.8 Å². The highest BCUT2D eigenvalue weighted by Crippen LogP contribution is 2.25. The fraction of sp³-hybridized carbons (Fsp3) is 0.588. The molecule has 0 bridgehead atoms. The van der Waals surface area contributed by atoms with Gasteiger partial charge in [0.15, 0.2) is 0 Å². The maximum Gasteiger partial charge on any atom is 0.140 e. The Morgan fingerprint density at radius 3 is 2.30 bits per heavy atom. The van der Waals surface area contributed by atoms with Crippen molar-refractivity contribution in [1.29, 1.82) is 0 Å². The molecule has 1 aromatic rings. The SMILES string of the molecule is CO[C@H](CC(=O)C(C)(C)C)[C@@H](Cc1ccccc1)SC. The van der Waals surface area contributed by atoms with Gasteiger partial charge in [0.25, 0.3) is 0 Å². The number of ether oxygens (including phenoxy) is 1. The first-order valence-corrected chi connectivity index (χ1v) is 8.30. The maximum atomic E-state index is 12.2. The second-order valence-corrected chi connectivity index (χ2v) is 7.19. The predicted molar refractivity (Wildman–Crippen MR) is 87.3 cm³/mol. The van der Waals surface area contributed by atoms with Crippen LogP contribution in [0.1, 0.15) is 32.8 Å². The molecule has 1 aromatic carbocycles. The molecule has 0 aliphatic carbocycles. The zero-order valence-corrected chi connectivity index (χ0v) is 14.0. The van der Waals surface area contributed by atoms with Crippen molar-refractivity contribution in [2.75, 3.05) is 13.4 Å². The van der Waals surface area contributed by atoms with Crippen molar-refractivity contribution in [3.63, 3.8) is 0 Å². The van der Waals surface area contributed by atoms with Crippen molar-refractivity contribution in [2.45, 2.75) is 45.0 Å². The molecule has 0 radical (unpaired) electrons. The molecule has 0 spiro atoms. The number of carbonyl (C=O) groups is 1. The number of methoxy groups -OCH3 is 1. The molecule has 0 fully saturated rings. The number of rotatable bonds is 7. The molecule has 0 aliphatic heterocycles. The van der Waals surface area contributed by atoms with Crippen LogP contribution in [0.3, 0.4) is 0 Å². The molecule has 0 amide bonds. The van der Waals surface area contributed by atoms with E-state index in [2.05, 4.69) is 30.5 Å². The molecule has 2 atom stereocenters. The van der Waals surface area contributed by atoms with E-state index in [1.807, 2.05) is 26.8 Å². The van der Waals surface area contributed by atoms with E-state index in [1.165, 1.54) is 5.56 Å². The lowest BCUT2D eigenvalue weighted by molar-refractivity contribution is -0.128. The summed E-state index contributed by atoms with van der Waals surface area (Å²) < 4.78 is 5.60. The van der Waals surface area contributed by atoms with E-state index >= 15 is 0 Å². The number of hydrogen-bond donors (Lipinski definition) is 0. The summed E-state index contributed by atoms with van der Waals surface area (Å²) in [5.41, 5.74) is 0.990. The molecule has 0 saturated heterocycles. The second-order valence-electron chi connectivity index (χ2n) is 6.12. The fourth-order valence-corrected chi connectivity index (χ4v) is 2.94. The zero-order chi connectivity index (χ0) is 15.2. The minimum Gasteiger partial charge on any atom is -0.380 e. The summed E-state index contributed by atoms with van der Waals surface area (Å²) in [6.07, 6.45) is 3.47. The quantitative estimate of drug-likeness (QED) is 0.761. The van der Waals surface area contributed by atoms with Crippen molar-refractivity contribution in [1.82, 2.24) is 0 Å². The van der Waals surface area contributed by atoms with Crippen molar-refractivity contribution < 1.29 is 9.53 Å². The number of benzene rings is 1. The smallest absolute Gasteiger partial charge is 0.140 e. The van der Waals surface area contributed by atoms with Crippen molar-refractivity contribution in [3.8, 4) is 0 Å². The Morgan fingerprint density at radius 2 is 1.85 bits per heavy atom. The van der Waals surface area contributed by atoms with Crippen LogP contribution in [0.2, 0.25) is 0 Å². The van der Waals surface area contributed by atoms with Crippen LogP contribution in [-0.4, -0.2) is 30.5 Å². The van der Waals surface area contributed by atoms with Gasteiger partial charge in [0.1, 0.15) is 5.78 Å². The van der Waals surface area contributed by atoms with Gasteiger partial charge in [-0.2, -0.15) is 11.8 Å². The molecule has 2 nitrogen and oxygen atoms in total. The molecule has 0 aliphatic rings. The van der Waals surface area contributed by atoms with Gasteiger partial charge in [-0.15, -0.1) is 0 Å². The first-order chi connectivity index (χ1) is 9.38. The van der Waals surface area contributed by atoms with Crippen LogP contribution in [0.4, 0.5) is 0 Å². The first kappa shape index (κ1) is 17.3. The van der Waals surface area contributed by atoms with Crippen LogP contribution in [0, 0.1) is 5.41 Å². The molecular weight excluding hydrogens is 268 g/mol. The Balaban J connectivity index is 2.72. The van der Waals surface area contributed by atoms with E-state index in [9.17, 15) is 4.79 Å². The van der Waals surface area contributed by atoms with Crippen molar-refractivity contribution >= 4 is 17.5 Å². The van der Waals surface area contributed by atoms with Gasteiger partial charge in [0.2, 0.25) is 0 Å². The highest BCUT2D eigenvalue weighted by Gasteiger charge is 2.29. The second kappa shape index (κ2) is 7.84. The number of Topliss-reactive ketones (excluding diaryl/α,β-unsaturated/α-hetero) is 1. The van der Waals surface area contributed by atoms with E-state index in [0.717, 1.165) is 6.42 Å². The topological polar surface area (TPSA) is 26.3 Å². The van der Waals surface area contributed by atoms with Gasteiger partial charge >= 0.3 is 0 Å². The summed E-state index contributed by atoms with van der Waals surface area (Å²) in [6.45, 7) is 5.90. The van der Waals surface area contributed by atoms with Gasteiger partial charge in [-0.1, -0.05) is 51.1 Å². The third-order valence-corrected chi connectivity index (χ3v) is 4.60. The Labute approximate surface area is 127 Å². The molecule has 0 aromatic heterocycles. The number of carbonyl (C=O) groups excluding carboxylic acids is 1. The van der Waals surface area contributed by atoms with E-state index in [-0.39, 0.29) is 17.3 Å². The lowest BCUT2D eigenvalue weighted by atomic mass is 9.86. The highest BCUT2D eigenvalue weighted by molar-refractivity contribution is 7.99. The predicted octanol–water partition coefficient (Wildman–Crippen LogP) is 3.98. The molecule has 3 heteroatoms. The summed E-state index contributed by atoms with van der Waals surface area (Å²) >= 11 is 1.77. The average Bonchev–Trinajstić information content (AvgIpc) is 2.42. The molecular formula is C17H26O2S. The van der Waals surface area contributed by atoms with Crippen molar-refractivity contribution in [3.05, 3.63) is 35.9 Å². The molecule has 0 N–H and O–H groups in total. The summed E-state index contributed by atoms with van der Waals surface area (Å²) in [7, 11) is 1.70. The van der Waals surface area contributed by atoms with Gasteiger partial charge in [-0.25, -0.2) is 0 Å². The Kier molecular flexibility index (Phi) is 6.77. The van der Waals surface area contributed by atoms with Gasteiger partial charge in [0, 0.05) is 24.2 Å². The van der Waals surface area contributed by atoms with Crippen molar-refractivity contribution in [2.24, 2.45) is 5.41 Å². The fourth-order valence-electron chi connectivity index (χ4n) is 2.07. The lowest BCUT2D eigenvalue weighted by Gasteiger charge is -2.27. The van der Waals surface area contributed by atoms with Gasteiger partial charge in [-0.3, -0.25) is 4.79 Å². The maximum absolute atomic E-state index is 12.2. The zero-order valence-electron chi connectivity index (χ0n) is 13.2. The van der Waals surface area contributed by atoms with E-state index in [0.29, 0.717) is 11.7 Å². The molecule has 20 heavy (non-hydrogen) atoms. The Bertz CT molecular complexity index is 409. The van der Waals surface area contributed by atoms with Gasteiger partial charge in [-0.05, 0) is 18.2 Å². The first-order valence-electron chi connectivity index (χ1n) is 7.01. The van der Waals surface area contributed by atoms with E-state index < -0.39 is 0 Å².